The van der Waals surface area contributed by atoms with Crippen LogP contribution in [-0.4, -0.2) is 40.8 Å². The molecular weight excluding hydrogens is 528 g/mol. The number of carbonyl (C=O) groups excluding carboxylic acids is 3. The van der Waals surface area contributed by atoms with Gasteiger partial charge < -0.3 is 9.47 Å². The smallest absolute Gasteiger partial charge is 0.343 e. The Bertz CT molecular complexity index is 1090. The van der Waals surface area contributed by atoms with Crippen LogP contribution in [0.4, 0.5) is 0 Å². The van der Waals surface area contributed by atoms with E-state index in [9.17, 15) is 14.4 Å². The molecule has 1 fully saturated rings. The second-order valence-corrected chi connectivity index (χ2v) is 8.99. The van der Waals surface area contributed by atoms with E-state index in [1.54, 1.807) is 48.5 Å². The van der Waals surface area contributed by atoms with Gasteiger partial charge in [-0.2, -0.15) is 5.01 Å². The fourth-order valence-electron chi connectivity index (χ4n) is 2.40. The maximum atomic E-state index is 12.7. The lowest BCUT2D eigenvalue weighted by Gasteiger charge is -2.15. The summed E-state index contributed by atoms with van der Waals surface area (Å²) in [5.41, 5.74) is 3.55. The van der Waals surface area contributed by atoms with Gasteiger partial charge in [-0.3, -0.25) is 15.0 Å². The molecule has 0 aromatic heterocycles. The summed E-state index contributed by atoms with van der Waals surface area (Å²) >= 11 is 15.5. The van der Waals surface area contributed by atoms with Crippen molar-refractivity contribution in [1.82, 2.24) is 10.4 Å². The summed E-state index contributed by atoms with van der Waals surface area (Å²) in [6, 6.07) is 11.4. The van der Waals surface area contributed by atoms with E-state index in [4.69, 9.17) is 28.6 Å². The first-order chi connectivity index (χ1) is 14.8. The Labute approximate surface area is 200 Å². The van der Waals surface area contributed by atoms with Crippen molar-refractivity contribution in [1.29, 1.82) is 0 Å². The molecule has 1 N–H and O–H groups in total. The molecule has 160 valence electrons. The number of methoxy groups -OCH3 is 1. The third-order valence-corrected chi connectivity index (χ3v) is 6.11. The fourth-order valence-corrected chi connectivity index (χ4v) is 4.22. The van der Waals surface area contributed by atoms with Gasteiger partial charge in [0.25, 0.3) is 11.8 Å². The van der Waals surface area contributed by atoms with Gasteiger partial charge in [-0.05, 0) is 76.2 Å². The lowest BCUT2D eigenvalue weighted by Crippen LogP contribution is -2.44. The number of benzene rings is 2. The predicted molar refractivity (Wildman–Crippen MR) is 126 cm³/mol. The number of halogens is 2. The molecule has 0 radical (unpaired) electrons. The molecule has 11 heteroatoms. The first kappa shape index (κ1) is 23.3. The zero-order valence-electron chi connectivity index (χ0n) is 15.9. The maximum absolute atomic E-state index is 12.7. The van der Waals surface area contributed by atoms with Crippen LogP contribution in [0.5, 0.6) is 5.75 Å². The molecule has 2 aromatic rings. The molecule has 0 saturated carbocycles. The molecule has 1 saturated heterocycles. The van der Waals surface area contributed by atoms with Crippen molar-refractivity contribution in [2.75, 3.05) is 13.7 Å². The van der Waals surface area contributed by atoms with Gasteiger partial charge in [-0.15, -0.1) is 0 Å². The minimum atomic E-state index is -0.500. The van der Waals surface area contributed by atoms with Crippen LogP contribution in [0.15, 0.2) is 51.8 Å². The van der Waals surface area contributed by atoms with Gasteiger partial charge in [0.2, 0.25) is 0 Å². The van der Waals surface area contributed by atoms with Crippen LogP contribution in [0.2, 0.25) is 5.02 Å². The molecule has 31 heavy (non-hydrogen) atoms. The average molecular weight is 542 g/mol. The highest BCUT2D eigenvalue weighted by molar-refractivity contribution is 9.10. The Kier molecular flexibility index (Phi) is 7.71. The van der Waals surface area contributed by atoms with E-state index in [-0.39, 0.29) is 10.9 Å². The van der Waals surface area contributed by atoms with Gasteiger partial charge in [0.15, 0.2) is 10.9 Å². The van der Waals surface area contributed by atoms with E-state index in [0.717, 1.165) is 16.8 Å². The van der Waals surface area contributed by atoms with Crippen molar-refractivity contribution in [3.05, 3.63) is 68.0 Å². The van der Waals surface area contributed by atoms with Gasteiger partial charge in [-0.1, -0.05) is 29.4 Å². The maximum Gasteiger partial charge on any atom is 0.343 e. The topological polar surface area (TPSA) is 84.9 Å². The summed E-state index contributed by atoms with van der Waals surface area (Å²) in [6.45, 7) is -0.222. The number of thioether (sulfide) groups is 1. The summed E-state index contributed by atoms with van der Waals surface area (Å²) in [7, 11) is 1.28. The molecule has 3 rings (SSSR count). The summed E-state index contributed by atoms with van der Waals surface area (Å²) in [5, 5.41) is 1.53. The van der Waals surface area contributed by atoms with E-state index in [1.165, 1.54) is 7.11 Å². The third-order valence-electron chi connectivity index (χ3n) is 3.94. The molecule has 1 aliphatic heterocycles. The third kappa shape index (κ3) is 5.85. The van der Waals surface area contributed by atoms with Crippen LogP contribution in [0, 0.1) is 0 Å². The normalized spacial score (nSPS) is 14.7. The highest BCUT2D eigenvalue weighted by Crippen LogP contribution is 2.33. The van der Waals surface area contributed by atoms with Gasteiger partial charge in [-0.25, -0.2) is 4.79 Å². The number of ether oxygens (including phenoxy) is 2. The minimum Gasteiger partial charge on any atom is -0.481 e. The average Bonchev–Trinajstić information content (AvgIpc) is 3.00. The van der Waals surface area contributed by atoms with E-state index in [1.807, 2.05) is 0 Å². The molecule has 7 nitrogen and oxygen atoms in total. The minimum absolute atomic E-state index is 0.204. The zero-order chi connectivity index (χ0) is 22.5. The lowest BCUT2D eigenvalue weighted by atomic mass is 10.2. The van der Waals surface area contributed by atoms with Gasteiger partial charge in [0.1, 0.15) is 5.75 Å². The molecule has 0 spiro atoms. The number of carbonyl (C=O) groups is 3. The second kappa shape index (κ2) is 10.3. The molecule has 0 aliphatic carbocycles. The quantitative estimate of drug-likeness (QED) is 0.333. The lowest BCUT2D eigenvalue weighted by molar-refractivity contribution is -0.142. The first-order valence-electron chi connectivity index (χ1n) is 8.62. The number of nitrogens with one attached hydrogen (secondary N) is 1. The molecule has 0 unspecified atom stereocenters. The van der Waals surface area contributed by atoms with Crippen molar-refractivity contribution in [2.24, 2.45) is 0 Å². The highest BCUT2D eigenvalue weighted by atomic mass is 79.9. The Balaban J connectivity index is 1.71. The van der Waals surface area contributed by atoms with Crippen LogP contribution in [0.25, 0.3) is 6.08 Å². The molecule has 1 aliphatic rings. The van der Waals surface area contributed by atoms with Crippen LogP contribution in [0.1, 0.15) is 15.9 Å². The van der Waals surface area contributed by atoms with Crippen molar-refractivity contribution in [3.8, 4) is 5.75 Å². The zero-order valence-corrected chi connectivity index (χ0v) is 19.9. The van der Waals surface area contributed by atoms with Crippen LogP contribution < -0.4 is 10.2 Å². The molecular formula is C20H14BrClN2O5S2. The summed E-state index contributed by atoms with van der Waals surface area (Å²) in [4.78, 5) is 36.7. The van der Waals surface area contributed by atoms with Crippen LogP contribution in [-0.2, 0) is 14.3 Å². The first-order valence-corrected chi connectivity index (χ1v) is 11.0. The Morgan fingerprint density at radius 3 is 2.61 bits per heavy atom. The van der Waals surface area contributed by atoms with Crippen molar-refractivity contribution >= 4 is 79.7 Å². The van der Waals surface area contributed by atoms with Crippen LogP contribution >= 0.6 is 51.5 Å². The molecule has 0 atom stereocenters. The van der Waals surface area contributed by atoms with Gasteiger partial charge in [0.05, 0.1) is 16.5 Å². The number of hydrogen-bond donors (Lipinski definition) is 1. The van der Waals surface area contributed by atoms with Gasteiger partial charge in [0, 0.05) is 10.6 Å². The molecule has 0 bridgehead atoms. The highest BCUT2D eigenvalue weighted by Gasteiger charge is 2.33. The van der Waals surface area contributed by atoms with Gasteiger partial charge >= 0.3 is 5.97 Å². The van der Waals surface area contributed by atoms with Crippen LogP contribution in [0.3, 0.4) is 0 Å². The Morgan fingerprint density at radius 1 is 1.26 bits per heavy atom. The molecule has 1 heterocycles. The molecule has 2 amide bonds. The van der Waals surface area contributed by atoms with Crippen molar-refractivity contribution < 1.29 is 23.9 Å². The number of nitrogens with zero attached hydrogens (tertiary/aromatic N) is 1. The van der Waals surface area contributed by atoms with Crippen molar-refractivity contribution in [3.63, 3.8) is 0 Å². The van der Waals surface area contributed by atoms with E-state index in [0.29, 0.717) is 31.3 Å². The van der Waals surface area contributed by atoms with E-state index in [2.05, 4.69) is 26.1 Å². The molecule has 2 aromatic carbocycles. The predicted octanol–water partition coefficient (Wildman–Crippen LogP) is 4.20. The van der Waals surface area contributed by atoms with E-state index >= 15 is 0 Å². The Morgan fingerprint density at radius 2 is 1.97 bits per heavy atom. The summed E-state index contributed by atoms with van der Waals surface area (Å²) in [6.07, 6.45) is 1.64. The number of rotatable bonds is 6. The monoisotopic (exact) mass is 540 g/mol. The van der Waals surface area contributed by atoms with Crippen molar-refractivity contribution in [2.45, 2.75) is 0 Å². The summed E-state index contributed by atoms with van der Waals surface area (Å²) in [5.74, 6) is -0.978. The standard InChI is InChI=1S/C20H14BrClN2O5S2/c1-28-17(25)10-29-15-7-2-11(8-14(15)21)9-16-19(27)24(20(30)31-16)23-18(26)12-3-5-13(22)6-4-12/h2-9H,10H2,1H3,(H,23,26)/b16-9+. The number of thiocarbonyl (C=S) groups is 1. The SMILES string of the molecule is COC(=O)COc1ccc(/C=C2/SC(=S)N(NC(=O)c3ccc(Cl)cc3)C2=O)cc1Br. The Hall–Kier alpha value is -2.40. The number of esters is 1. The summed E-state index contributed by atoms with van der Waals surface area (Å²) < 4.78 is 10.7. The van der Waals surface area contributed by atoms with E-state index < -0.39 is 17.8 Å². The number of hydrogen-bond acceptors (Lipinski definition) is 7. The number of amides is 2. The largest absolute Gasteiger partial charge is 0.481 e. The fraction of sp³-hybridized carbons (Fsp3) is 0.100. The number of hydrazine groups is 1. The second-order valence-electron chi connectivity index (χ2n) is 6.02.